The molecule has 2 aromatic rings. The lowest BCUT2D eigenvalue weighted by atomic mass is 10.2. The third-order valence-electron chi connectivity index (χ3n) is 2.55. The second kappa shape index (κ2) is 5.90. The second-order valence-corrected chi connectivity index (χ2v) is 3.79. The molecule has 0 saturated carbocycles. The maximum atomic E-state index is 10.9. The van der Waals surface area contributed by atoms with Crippen molar-refractivity contribution in [2.45, 2.75) is 6.54 Å². The van der Waals surface area contributed by atoms with Crippen LogP contribution in [0.2, 0.25) is 0 Å². The first-order chi connectivity index (χ1) is 9.20. The summed E-state index contributed by atoms with van der Waals surface area (Å²) in [5, 5.41) is 13.0. The number of hydrogen-bond acceptors (Lipinski definition) is 4. The fourth-order valence-corrected chi connectivity index (χ4v) is 1.60. The van der Waals surface area contributed by atoms with Crippen molar-refractivity contribution < 1.29 is 19.4 Å². The van der Waals surface area contributed by atoms with Crippen LogP contribution in [0.25, 0.3) is 0 Å². The minimum absolute atomic E-state index is 0.162. The molecule has 0 aliphatic carbocycles. The van der Waals surface area contributed by atoms with Crippen molar-refractivity contribution in [2.24, 2.45) is 0 Å². The van der Waals surface area contributed by atoms with Crippen molar-refractivity contribution in [3.05, 3.63) is 42.2 Å². The molecular weight excluding hydrogens is 248 g/mol. The molecule has 6 heteroatoms. The van der Waals surface area contributed by atoms with E-state index in [1.54, 1.807) is 16.9 Å². The molecule has 100 valence electrons. The molecule has 0 atom stereocenters. The van der Waals surface area contributed by atoms with Crippen LogP contribution in [-0.2, 0) is 6.54 Å². The summed E-state index contributed by atoms with van der Waals surface area (Å²) >= 11 is 0. The number of aromatic carboxylic acids is 1. The minimum atomic E-state index is -1.00. The quantitative estimate of drug-likeness (QED) is 0.857. The fraction of sp³-hybridized carbons (Fsp3) is 0.231. The molecule has 1 aromatic heterocycles. The van der Waals surface area contributed by atoms with Crippen LogP contribution in [0.3, 0.4) is 0 Å². The van der Waals surface area contributed by atoms with Gasteiger partial charge in [-0.15, -0.1) is 0 Å². The molecule has 1 heterocycles. The summed E-state index contributed by atoms with van der Waals surface area (Å²) in [6.07, 6.45) is 3.51. The molecule has 0 spiro atoms. The molecule has 0 amide bonds. The van der Waals surface area contributed by atoms with Crippen LogP contribution in [0.4, 0.5) is 0 Å². The van der Waals surface area contributed by atoms with Crippen molar-refractivity contribution in [1.29, 1.82) is 0 Å². The Morgan fingerprint density at radius 2 is 2.26 bits per heavy atom. The Hall–Kier alpha value is -2.50. The Balaban J connectivity index is 2.04. The van der Waals surface area contributed by atoms with Gasteiger partial charge < -0.3 is 14.6 Å². The number of carbonyl (C=O) groups is 1. The second-order valence-electron chi connectivity index (χ2n) is 3.79. The van der Waals surface area contributed by atoms with E-state index in [1.165, 1.54) is 19.2 Å². The number of nitrogens with zero attached hydrogens (tertiary/aromatic N) is 2. The monoisotopic (exact) mass is 262 g/mol. The molecule has 2 rings (SSSR count). The van der Waals surface area contributed by atoms with E-state index in [9.17, 15) is 4.79 Å². The number of benzene rings is 1. The van der Waals surface area contributed by atoms with Gasteiger partial charge in [0.2, 0.25) is 0 Å². The first-order valence-electron chi connectivity index (χ1n) is 5.72. The van der Waals surface area contributed by atoms with Crippen molar-refractivity contribution in [2.75, 3.05) is 13.7 Å². The molecular formula is C13H14N2O4. The molecule has 0 saturated heterocycles. The van der Waals surface area contributed by atoms with Crippen LogP contribution in [0, 0.1) is 0 Å². The zero-order valence-corrected chi connectivity index (χ0v) is 10.4. The predicted octanol–water partition coefficient (Wildman–Crippen LogP) is 1.67. The number of rotatable bonds is 6. The van der Waals surface area contributed by atoms with Gasteiger partial charge in [0.05, 0.1) is 19.2 Å². The molecule has 0 unspecified atom stereocenters. The highest BCUT2D eigenvalue weighted by molar-refractivity contribution is 5.88. The van der Waals surface area contributed by atoms with Gasteiger partial charge in [-0.1, -0.05) is 0 Å². The molecule has 0 aliphatic heterocycles. The SMILES string of the molecule is COc1ccc(C(=O)O)cc1OCCn1cccn1. The highest BCUT2D eigenvalue weighted by Crippen LogP contribution is 2.28. The van der Waals surface area contributed by atoms with E-state index in [0.717, 1.165) is 0 Å². The standard InChI is InChI=1S/C13H14N2O4/c1-18-11-4-3-10(13(16)17)9-12(11)19-8-7-15-6-2-5-14-15/h2-6,9H,7-8H2,1H3,(H,16,17). The van der Waals surface area contributed by atoms with Crippen LogP contribution in [0.1, 0.15) is 10.4 Å². The summed E-state index contributed by atoms with van der Waals surface area (Å²) in [5.41, 5.74) is 0.162. The number of ether oxygens (including phenoxy) is 2. The lowest BCUT2D eigenvalue weighted by Crippen LogP contribution is -2.09. The van der Waals surface area contributed by atoms with E-state index in [-0.39, 0.29) is 5.56 Å². The smallest absolute Gasteiger partial charge is 0.335 e. The Kier molecular flexibility index (Phi) is 4.02. The van der Waals surface area contributed by atoms with Gasteiger partial charge in [0, 0.05) is 12.4 Å². The van der Waals surface area contributed by atoms with Crippen LogP contribution >= 0.6 is 0 Å². The van der Waals surface area contributed by atoms with E-state index in [0.29, 0.717) is 24.7 Å². The van der Waals surface area contributed by atoms with E-state index in [1.807, 2.05) is 12.3 Å². The van der Waals surface area contributed by atoms with E-state index < -0.39 is 5.97 Å². The molecule has 0 fully saturated rings. The fourth-order valence-electron chi connectivity index (χ4n) is 1.60. The maximum Gasteiger partial charge on any atom is 0.335 e. The highest BCUT2D eigenvalue weighted by Gasteiger charge is 2.10. The Morgan fingerprint density at radius 1 is 1.42 bits per heavy atom. The van der Waals surface area contributed by atoms with Gasteiger partial charge in [0.1, 0.15) is 6.61 Å². The lowest BCUT2D eigenvalue weighted by Gasteiger charge is -2.11. The molecule has 6 nitrogen and oxygen atoms in total. The van der Waals surface area contributed by atoms with Crippen molar-refractivity contribution in [1.82, 2.24) is 9.78 Å². The average Bonchev–Trinajstić information content (AvgIpc) is 2.91. The summed E-state index contributed by atoms with van der Waals surface area (Å²) < 4.78 is 12.4. The highest BCUT2D eigenvalue weighted by atomic mass is 16.5. The maximum absolute atomic E-state index is 10.9. The Morgan fingerprint density at radius 3 is 2.89 bits per heavy atom. The van der Waals surface area contributed by atoms with E-state index in [4.69, 9.17) is 14.6 Å². The number of aromatic nitrogens is 2. The molecule has 1 aromatic carbocycles. The molecule has 0 radical (unpaired) electrons. The summed E-state index contributed by atoms with van der Waals surface area (Å²) in [6, 6.07) is 6.32. The largest absolute Gasteiger partial charge is 0.493 e. The van der Waals surface area contributed by atoms with Crippen LogP contribution < -0.4 is 9.47 Å². The summed E-state index contributed by atoms with van der Waals surface area (Å²) in [6.45, 7) is 0.953. The van der Waals surface area contributed by atoms with E-state index in [2.05, 4.69) is 5.10 Å². The van der Waals surface area contributed by atoms with Gasteiger partial charge >= 0.3 is 5.97 Å². The summed E-state index contributed by atoms with van der Waals surface area (Å²) in [7, 11) is 1.51. The first-order valence-corrected chi connectivity index (χ1v) is 5.72. The van der Waals surface area contributed by atoms with Gasteiger partial charge in [-0.25, -0.2) is 4.79 Å². The lowest BCUT2D eigenvalue weighted by molar-refractivity contribution is 0.0696. The van der Waals surface area contributed by atoms with Gasteiger partial charge in [-0.05, 0) is 24.3 Å². The number of methoxy groups -OCH3 is 1. The van der Waals surface area contributed by atoms with Crippen LogP contribution in [0.15, 0.2) is 36.7 Å². The minimum Gasteiger partial charge on any atom is -0.493 e. The summed E-state index contributed by atoms with van der Waals surface area (Å²) in [5.74, 6) is -0.0837. The van der Waals surface area contributed by atoms with Gasteiger partial charge in [-0.3, -0.25) is 4.68 Å². The summed E-state index contributed by atoms with van der Waals surface area (Å²) in [4.78, 5) is 10.9. The van der Waals surface area contributed by atoms with Crippen LogP contribution in [-0.4, -0.2) is 34.6 Å². The van der Waals surface area contributed by atoms with Crippen LogP contribution in [0.5, 0.6) is 11.5 Å². The van der Waals surface area contributed by atoms with Gasteiger partial charge in [0.15, 0.2) is 11.5 Å². The molecule has 19 heavy (non-hydrogen) atoms. The van der Waals surface area contributed by atoms with Gasteiger partial charge in [-0.2, -0.15) is 5.10 Å². The van der Waals surface area contributed by atoms with Crippen molar-refractivity contribution in [3.8, 4) is 11.5 Å². The van der Waals surface area contributed by atoms with Crippen molar-refractivity contribution >= 4 is 5.97 Å². The molecule has 0 bridgehead atoms. The third kappa shape index (κ3) is 3.25. The number of carboxylic acids is 1. The van der Waals surface area contributed by atoms with Crippen molar-refractivity contribution in [3.63, 3.8) is 0 Å². The molecule has 0 aliphatic rings. The third-order valence-corrected chi connectivity index (χ3v) is 2.55. The number of hydrogen-bond donors (Lipinski definition) is 1. The molecule has 1 N–H and O–H groups in total. The van der Waals surface area contributed by atoms with E-state index >= 15 is 0 Å². The first kappa shape index (κ1) is 12.9. The zero-order chi connectivity index (χ0) is 13.7. The van der Waals surface area contributed by atoms with Gasteiger partial charge in [0.25, 0.3) is 0 Å². The topological polar surface area (TPSA) is 73.6 Å². The Bertz CT molecular complexity index is 552. The number of carboxylic acid groups (broad SMARTS) is 1. The normalized spacial score (nSPS) is 10.2. The predicted molar refractivity (Wildman–Crippen MR) is 67.7 cm³/mol. The Labute approximate surface area is 110 Å². The average molecular weight is 262 g/mol. The zero-order valence-electron chi connectivity index (χ0n) is 10.4.